The SMILES string of the molecule is Cc1ncsc1-c1ccc([C@H](C)NC(=O)[C@@H]2C[C@@H](O)CN2C(=O)[C@@H](c2cc(OCCN3CCC(N4CCN5c6cc(-c7ccccc7O)nnc6N(C(=O)OCc6ccc(NC(=O)[C@H](CCCNC(N)=O)NC(=O)[C@@H](NC(=O)CCOCCN7C(=O)C=CC7=O)C(C)C)cc6)[C@@H](C)[C@@H]5C4)CC3)no2)C(C)C)cc1. The number of aliphatic hydroxyl groups is 1. The van der Waals surface area contributed by atoms with Gasteiger partial charge in [0.2, 0.25) is 29.5 Å². The maximum Gasteiger partial charge on any atom is 0.416 e. The molecule has 8 atom stereocenters. The number of piperazine rings is 1. The van der Waals surface area contributed by atoms with E-state index in [1.165, 1.54) is 17.1 Å². The highest BCUT2D eigenvalue weighted by Gasteiger charge is 2.47. The van der Waals surface area contributed by atoms with Gasteiger partial charge in [-0.15, -0.1) is 21.5 Å². The van der Waals surface area contributed by atoms with Crippen molar-refractivity contribution in [3.63, 3.8) is 0 Å². The highest BCUT2D eigenvalue weighted by Crippen LogP contribution is 2.42. The van der Waals surface area contributed by atoms with Crippen molar-refractivity contribution in [3.8, 4) is 33.3 Å². The smallest absolute Gasteiger partial charge is 0.416 e. The lowest BCUT2D eigenvalue weighted by molar-refractivity contribution is -0.141. The molecular formula is C76H96N16O15S. The van der Waals surface area contributed by atoms with Crippen LogP contribution in [0.15, 0.2) is 107 Å². The Bertz CT molecular complexity index is 4200. The Morgan fingerprint density at radius 1 is 0.815 bits per heavy atom. The number of amides is 10. The summed E-state index contributed by atoms with van der Waals surface area (Å²) in [6.07, 6.45) is 2.88. The second-order valence-electron chi connectivity index (χ2n) is 28.6. The van der Waals surface area contributed by atoms with E-state index < -0.39 is 83.8 Å². The molecule has 3 saturated heterocycles. The number of ether oxygens (including phenoxy) is 3. The van der Waals surface area contributed by atoms with Gasteiger partial charge in [-0.05, 0) is 124 Å². The minimum atomic E-state index is -1.12. The predicted molar refractivity (Wildman–Crippen MR) is 400 cm³/mol. The standard InChI is InChI=1S/C76H96N16O15S/c1-44(2)67(74(101)91-40-54(93)37-59(91)72(99)80-46(5)50-16-18-51(19-17-50)69-47(6)79-43-108-69)62-39-64(86-107-62)105-36-32-87-28-24-53(25-29-87)88-30-31-89-58-38-57(55-11-8-9-13-61(55)94)84-85-70(58)92(48(7)60(89)41-88)76(103)106-42-49-14-20-52(21-15-49)81-71(98)56(12-10-27-78-75(77)102)82-73(100)68(45(3)4)83-63(95)26-34-104-35-33-90-65(96)22-23-66(90)97/h8-9,11,13-23,38-39,43-46,48,53-54,56,59-60,67-68,93-94H,10,12,24-37,40-42H2,1-7H3,(H,80,99)(H,81,98)(H,82,100)(H,83,95)(H3,77,78,102)/t46-,48-,54+,56-,59-,60-,67+,68-/m0/s1. The summed E-state index contributed by atoms with van der Waals surface area (Å²) in [4.78, 5) is 136. The van der Waals surface area contributed by atoms with E-state index in [0.717, 1.165) is 59.1 Å². The Labute approximate surface area is 630 Å². The van der Waals surface area contributed by atoms with Gasteiger partial charge < -0.3 is 71.1 Å². The summed E-state index contributed by atoms with van der Waals surface area (Å²) in [6.45, 7) is 17.6. The number of piperidine rings is 1. The van der Waals surface area contributed by atoms with Crippen molar-refractivity contribution in [1.82, 2.24) is 61.2 Å². The number of hydrogen-bond donors (Lipinski definition) is 8. The maximum absolute atomic E-state index is 14.6. The average molecular weight is 1510 g/mol. The third-order valence-corrected chi connectivity index (χ3v) is 21.5. The summed E-state index contributed by atoms with van der Waals surface area (Å²) >= 11 is 1.57. The van der Waals surface area contributed by atoms with Gasteiger partial charge >= 0.3 is 12.1 Å². The molecule has 3 aromatic heterocycles. The second kappa shape index (κ2) is 36.0. The van der Waals surface area contributed by atoms with E-state index in [1.807, 2.05) is 70.5 Å². The zero-order valence-electron chi connectivity index (χ0n) is 61.8. The zero-order chi connectivity index (χ0) is 76.9. The lowest BCUT2D eigenvalue weighted by Gasteiger charge is -2.53. The summed E-state index contributed by atoms with van der Waals surface area (Å²) in [5.74, 6) is -3.84. The molecule has 9 N–H and O–H groups in total. The van der Waals surface area contributed by atoms with E-state index in [2.05, 4.69) is 61.6 Å². The molecule has 0 spiro atoms. The van der Waals surface area contributed by atoms with Gasteiger partial charge in [-0.3, -0.25) is 53.2 Å². The molecule has 0 saturated carbocycles. The highest BCUT2D eigenvalue weighted by molar-refractivity contribution is 7.13. The number of primary amides is 1. The fraction of sp³-hybridized carbons (Fsp3) is 0.487. The van der Waals surface area contributed by atoms with Crippen LogP contribution in [0.5, 0.6) is 11.6 Å². The number of aryl methyl sites for hydroxylation is 1. The first-order chi connectivity index (χ1) is 51.9. The number of β-amino-alcohol motifs (C(OH)–C–C–N with tert-alkyl or cyclic N) is 1. The van der Waals surface area contributed by atoms with E-state index >= 15 is 0 Å². The van der Waals surface area contributed by atoms with Crippen molar-refractivity contribution < 1.29 is 72.1 Å². The molecule has 0 radical (unpaired) electrons. The minimum absolute atomic E-state index is 0.00412. The monoisotopic (exact) mass is 1500 g/mol. The fourth-order valence-corrected chi connectivity index (χ4v) is 15.3. The molecule has 0 unspecified atom stereocenters. The lowest BCUT2D eigenvalue weighted by atomic mass is 9.91. The minimum Gasteiger partial charge on any atom is -0.507 e. The van der Waals surface area contributed by atoms with E-state index in [1.54, 1.807) is 84.7 Å². The van der Waals surface area contributed by atoms with Gasteiger partial charge in [-0.25, -0.2) is 14.6 Å². The summed E-state index contributed by atoms with van der Waals surface area (Å²) in [5.41, 5.74) is 12.5. The van der Waals surface area contributed by atoms with Gasteiger partial charge in [0, 0.05) is 87.6 Å². The van der Waals surface area contributed by atoms with Crippen molar-refractivity contribution in [2.75, 3.05) is 93.8 Å². The molecule has 0 aliphatic carbocycles. The molecule has 108 heavy (non-hydrogen) atoms. The number of para-hydroxylation sites is 1. The average Bonchev–Trinajstić information content (AvgIpc) is 0.872. The molecule has 10 amide bonds. The number of aromatic hydroxyl groups is 1. The zero-order valence-corrected chi connectivity index (χ0v) is 62.6. The van der Waals surface area contributed by atoms with Crippen molar-refractivity contribution >= 4 is 82.0 Å². The van der Waals surface area contributed by atoms with Crippen LogP contribution in [0.1, 0.15) is 115 Å². The maximum atomic E-state index is 14.6. The Balaban J connectivity index is 0.669. The van der Waals surface area contributed by atoms with Gasteiger partial charge in [-0.2, -0.15) is 0 Å². The van der Waals surface area contributed by atoms with E-state index in [9.17, 15) is 53.4 Å². The van der Waals surface area contributed by atoms with Crippen LogP contribution in [-0.2, 0) is 49.6 Å². The summed E-state index contributed by atoms with van der Waals surface area (Å²) < 4.78 is 23.5. The van der Waals surface area contributed by atoms with Gasteiger partial charge in [-0.1, -0.05) is 76.2 Å². The number of phenolic OH excluding ortho intramolecular Hbond substituents is 1. The van der Waals surface area contributed by atoms with Crippen LogP contribution < -0.4 is 46.9 Å². The first kappa shape index (κ1) is 78.7. The number of urea groups is 1. The Kier molecular flexibility index (Phi) is 26.2. The lowest BCUT2D eigenvalue weighted by Crippen LogP contribution is -2.66. The van der Waals surface area contributed by atoms with Gasteiger partial charge in [0.1, 0.15) is 43.0 Å². The van der Waals surface area contributed by atoms with Crippen LogP contribution in [0.4, 0.5) is 26.8 Å². The molecule has 3 fully saturated rings. The Morgan fingerprint density at radius 3 is 2.25 bits per heavy atom. The van der Waals surface area contributed by atoms with Crippen molar-refractivity contribution in [2.45, 2.75) is 148 Å². The normalized spacial score (nSPS) is 19.4. The van der Waals surface area contributed by atoms with Crippen LogP contribution in [0.2, 0.25) is 0 Å². The number of carbonyl (C=O) groups excluding carboxylic acids is 9. The molecule has 5 aliphatic heterocycles. The molecule has 0 bridgehead atoms. The molecular weight excluding hydrogens is 1410 g/mol. The molecule has 31 nitrogen and oxygen atoms in total. The summed E-state index contributed by atoms with van der Waals surface area (Å²) in [7, 11) is 0. The van der Waals surface area contributed by atoms with Crippen molar-refractivity contribution in [2.24, 2.45) is 17.6 Å². The molecule has 5 aliphatic rings. The highest BCUT2D eigenvalue weighted by atomic mass is 32.1. The second-order valence-corrected chi connectivity index (χ2v) is 29.5. The topological polar surface area (TPSA) is 392 Å². The van der Waals surface area contributed by atoms with Crippen LogP contribution >= 0.6 is 11.3 Å². The van der Waals surface area contributed by atoms with E-state index in [0.29, 0.717) is 66.0 Å². The number of thiazole rings is 1. The number of hydrogen-bond acceptors (Lipinski definition) is 23. The number of rotatable bonds is 31. The number of likely N-dealkylation sites (tertiary alicyclic amines) is 2. The van der Waals surface area contributed by atoms with Crippen molar-refractivity contribution in [1.29, 1.82) is 0 Å². The molecule has 6 aromatic rings. The Morgan fingerprint density at radius 2 is 1.56 bits per heavy atom. The predicted octanol–water partition coefficient (Wildman–Crippen LogP) is 5.77. The van der Waals surface area contributed by atoms with E-state index in [-0.39, 0.29) is 113 Å². The number of nitrogens with one attached hydrogen (secondary N) is 5. The van der Waals surface area contributed by atoms with Crippen LogP contribution in [0.3, 0.4) is 0 Å². The van der Waals surface area contributed by atoms with Crippen LogP contribution in [-0.4, -0.2) is 225 Å². The van der Waals surface area contributed by atoms with Crippen LogP contribution in [0.25, 0.3) is 21.7 Å². The third kappa shape index (κ3) is 19.3. The molecule has 3 aromatic carbocycles. The number of benzene rings is 3. The van der Waals surface area contributed by atoms with Gasteiger partial charge in [0.05, 0.1) is 71.5 Å². The third-order valence-electron chi connectivity index (χ3n) is 20.5. The number of anilines is 3. The fourth-order valence-electron chi connectivity index (χ4n) is 14.5. The van der Waals surface area contributed by atoms with Crippen molar-refractivity contribution in [3.05, 3.63) is 125 Å². The number of phenols is 1. The number of carbonyl (C=O) groups is 9. The van der Waals surface area contributed by atoms with Gasteiger partial charge in [0.15, 0.2) is 11.6 Å². The molecule has 8 heterocycles. The quantitative estimate of drug-likeness (QED) is 0.0189. The molecule has 576 valence electrons. The molecule has 11 rings (SSSR count). The number of aliphatic hydroxyl groups excluding tert-OH is 1. The summed E-state index contributed by atoms with van der Waals surface area (Å²) in [5, 5.41) is 49.0. The number of fused-ring (bicyclic) bond motifs is 3. The first-order valence-electron chi connectivity index (χ1n) is 36.8. The first-order valence-corrected chi connectivity index (χ1v) is 37.6. The van der Waals surface area contributed by atoms with Gasteiger partial charge in [0.25, 0.3) is 17.7 Å². The van der Waals surface area contributed by atoms with Crippen LogP contribution in [0, 0.1) is 18.8 Å². The molecule has 32 heteroatoms. The number of aromatic nitrogens is 4. The number of nitrogens with zero attached hydrogens (tertiary/aromatic N) is 10. The van der Waals surface area contributed by atoms with E-state index in [4.69, 9.17) is 24.5 Å². The Hall–Kier alpha value is -10.4. The number of imide groups is 1. The largest absolute Gasteiger partial charge is 0.507 e. The number of nitrogens with two attached hydrogens (primary N) is 1. The summed E-state index contributed by atoms with van der Waals surface area (Å²) in [6, 6.07) is 20.4.